The maximum absolute atomic E-state index is 12.6. The Hall–Kier alpha value is -0.670. The maximum atomic E-state index is 12.6. The predicted octanol–water partition coefficient (Wildman–Crippen LogP) is 5.04. The van der Waals surface area contributed by atoms with Crippen molar-refractivity contribution < 1.29 is 14.3 Å². The molecule has 5 fully saturated rings. The Bertz CT molecular complexity index is 679. The molecule has 0 aromatic carbocycles. The molecule has 4 saturated carbocycles. The fraction of sp³-hybridized carbons (Fsp3) is 0.875. The zero-order chi connectivity index (χ0) is 18.3. The largest absolute Gasteiger partial charge is 0.353 e. The smallest absolute Gasteiger partial charge is 0.157 e. The Labute approximate surface area is 163 Å². The van der Waals surface area contributed by atoms with Crippen LogP contribution < -0.4 is 0 Å². The van der Waals surface area contributed by atoms with Gasteiger partial charge in [0.05, 0.1) is 6.10 Å². The van der Waals surface area contributed by atoms with Crippen LogP contribution in [-0.2, 0) is 14.3 Å². The van der Waals surface area contributed by atoms with E-state index in [1.54, 1.807) is 0 Å². The quantitative estimate of drug-likeness (QED) is 0.639. The lowest BCUT2D eigenvalue weighted by atomic mass is 9.52. The highest BCUT2D eigenvalue weighted by Crippen LogP contribution is 2.81. The molecule has 0 unspecified atom stereocenters. The molecule has 0 amide bonds. The normalized spacial score (nSPS) is 56.0. The van der Waals surface area contributed by atoms with Gasteiger partial charge in [0.25, 0.3) is 0 Å². The van der Waals surface area contributed by atoms with Crippen molar-refractivity contribution in [2.75, 3.05) is 6.61 Å². The van der Waals surface area contributed by atoms with Crippen LogP contribution >= 0.6 is 0 Å². The molecular formula is C24H34O3. The summed E-state index contributed by atoms with van der Waals surface area (Å²) in [6, 6.07) is 0. The van der Waals surface area contributed by atoms with Crippen molar-refractivity contribution in [1.29, 1.82) is 0 Å². The summed E-state index contributed by atoms with van der Waals surface area (Å²) < 4.78 is 12.2. The third-order valence-corrected chi connectivity index (χ3v) is 9.87. The Morgan fingerprint density at radius 3 is 2.89 bits per heavy atom. The molecule has 0 N–H and O–H groups in total. The van der Waals surface area contributed by atoms with Gasteiger partial charge >= 0.3 is 0 Å². The fourth-order valence-corrected chi connectivity index (χ4v) is 8.36. The van der Waals surface area contributed by atoms with Crippen LogP contribution in [0.4, 0.5) is 0 Å². The number of hydrogen-bond acceptors (Lipinski definition) is 3. The molecule has 5 aliphatic carbocycles. The lowest BCUT2D eigenvalue weighted by Crippen LogP contribution is -2.48. The molecule has 8 atom stereocenters. The predicted molar refractivity (Wildman–Crippen MR) is 103 cm³/mol. The van der Waals surface area contributed by atoms with Gasteiger partial charge < -0.3 is 9.47 Å². The van der Waals surface area contributed by atoms with E-state index in [-0.39, 0.29) is 11.7 Å². The van der Waals surface area contributed by atoms with Gasteiger partial charge in [0.1, 0.15) is 5.78 Å². The number of carbonyl (C=O) groups is 1. The minimum Gasteiger partial charge on any atom is -0.353 e. The van der Waals surface area contributed by atoms with Crippen molar-refractivity contribution in [3.05, 3.63) is 12.2 Å². The lowest BCUT2D eigenvalue weighted by molar-refractivity contribution is -0.199. The number of ether oxygens (including phenoxy) is 2. The van der Waals surface area contributed by atoms with Gasteiger partial charge in [-0.25, -0.2) is 0 Å². The lowest BCUT2D eigenvalue weighted by Gasteiger charge is -2.52. The highest BCUT2D eigenvalue weighted by Gasteiger charge is 2.74. The average Bonchev–Trinajstić information content (AvgIpc) is 3.28. The van der Waals surface area contributed by atoms with E-state index in [0.29, 0.717) is 34.6 Å². The summed E-state index contributed by atoms with van der Waals surface area (Å²) in [5, 5.41) is 0. The Morgan fingerprint density at radius 1 is 1.11 bits per heavy atom. The molecule has 3 nitrogen and oxygen atoms in total. The van der Waals surface area contributed by atoms with Crippen molar-refractivity contribution in [2.45, 2.75) is 89.9 Å². The fourth-order valence-electron chi connectivity index (χ4n) is 8.36. The zero-order valence-electron chi connectivity index (χ0n) is 16.8. The summed E-state index contributed by atoms with van der Waals surface area (Å²) in [6.45, 7) is 3.15. The number of allylic oxidation sites excluding steroid dienone is 2. The van der Waals surface area contributed by atoms with E-state index in [0.717, 1.165) is 38.2 Å². The number of rotatable bonds is 2. The molecule has 148 valence electrons. The van der Waals surface area contributed by atoms with Crippen molar-refractivity contribution in [2.24, 2.45) is 34.0 Å². The third-order valence-electron chi connectivity index (χ3n) is 9.87. The topological polar surface area (TPSA) is 35.5 Å². The monoisotopic (exact) mass is 370 g/mol. The molecule has 0 bridgehead atoms. The summed E-state index contributed by atoms with van der Waals surface area (Å²) in [7, 11) is 0. The molecule has 1 aliphatic heterocycles. The van der Waals surface area contributed by atoms with E-state index in [1.165, 1.54) is 44.9 Å². The van der Waals surface area contributed by atoms with Gasteiger partial charge in [-0.1, -0.05) is 19.1 Å². The standard InChI is InChI=1S/C24H34O3/c1-22-10-9-19-17(18(22)5-6-20(22)25)8-11-23-14-16(7-12-24(19,23)15-23)27-21-4-2-3-13-26-21/h8,11,16-19,21H,2-7,9-10,12-15H2,1H3/t16-,17-,18-,19-,21+,22-,23-,24-/m0/s1. The first-order chi connectivity index (χ1) is 13.1. The van der Waals surface area contributed by atoms with E-state index in [2.05, 4.69) is 19.1 Å². The van der Waals surface area contributed by atoms with Gasteiger partial charge in [-0.3, -0.25) is 4.79 Å². The number of hydrogen-bond donors (Lipinski definition) is 0. The second-order valence-electron chi connectivity index (χ2n) is 10.9. The molecular weight excluding hydrogens is 336 g/mol. The van der Waals surface area contributed by atoms with E-state index in [1.807, 2.05) is 0 Å². The van der Waals surface area contributed by atoms with Gasteiger partial charge in [-0.05, 0) is 92.8 Å². The number of ketones is 1. The van der Waals surface area contributed by atoms with E-state index in [9.17, 15) is 4.79 Å². The molecule has 27 heavy (non-hydrogen) atoms. The summed E-state index contributed by atoms with van der Waals surface area (Å²) in [4.78, 5) is 12.6. The Balaban J connectivity index is 1.22. The Kier molecular flexibility index (Phi) is 3.63. The van der Waals surface area contributed by atoms with Crippen molar-refractivity contribution in [1.82, 2.24) is 0 Å². The SMILES string of the molecule is C[C@]12CC[C@H]3[C@@H](C=C[C@@]45C[C@@H](O[C@@H]6CCCCO6)CC[C@]34C5)[C@@H]1CCC2=O. The molecule has 3 heteroatoms. The molecule has 6 aliphatic rings. The molecule has 0 spiro atoms. The van der Waals surface area contributed by atoms with Crippen molar-refractivity contribution in [3.8, 4) is 0 Å². The van der Waals surface area contributed by atoms with Crippen LogP contribution in [0.3, 0.4) is 0 Å². The van der Waals surface area contributed by atoms with E-state index >= 15 is 0 Å². The van der Waals surface area contributed by atoms with Crippen LogP contribution in [0.1, 0.15) is 77.6 Å². The van der Waals surface area contributed by atoms with Gasteiger partial charge in [-0.15, -0.1) is 0 Å². The molecule has 1 saturated heterocycles. The average molecular weight is 371 g/mol. The molecule has 0 radical (unpaired) electrons. The van der Waals surface area contributed by atoms with E-state index < -0.39 is 0 Å². The first-order valence-electron chi connectivity index (χ1n) is 11.6. The minimum absolute atomic E-state index is 0.0182. The van der Waals surface area contributed by atoms with Crippen molar-refractivity contribution in [3.63, 3.8) is 0 Å². The summed E-state index contributed by atoms with van der Waals surface area (Å²) in [5.41, 5.74) is 0.921. The molecule has 0 aromatic rings. The maximum Gasteiger partial charge on any atom is 0.157 e. The van der Waals surface area contributed by atoms with Gasteiger partial charge in [0.15, 0.2) is 6.29 Å². The van der Waals surface area contributed by atoms with Crippen LogP contribution in [0.25, 0.3) is 0 Å². The van der Waals surface area contributed by atoms with Gasteiger partial charge in [0.2, 0.25) is 0 Å². The van der Waals surface area contributed by atoms with Crippen LogP contribution in [0, 0.1) is 34.0 Å². The zero-order valence-corrected chi connectivity index (χ0v) is 16.8. The highest BCUT2D eigenvalue weighted by atomic mass is 16.7. The number of Topliss-reactive ketones (excluding diaryl/α,β-unsaturated/α-hetero) is 1. The van der Waals surface area contributed by atoms with Crippen LogP contribution in [-0.4, -0.2) is 24.8 Å². The minimum atomic E-state index is -0.0182. The molecule has 1 heterocycles. The number of fused-ring (bicyclic) bond motifs is 3. The first kappa shape index (κ1) is 17.2. The van der Waals surface area contributed by atoms with Crippen LogP contribution in [0.5, 0.6) is 0 Å². The van der Waals surface area contributed by atoms with Crippen LogP contribution in [0.15, 0.2) is 12.2 Å². The highest BCUT2D eigenvalue weighted by molar-refractivity contribution is 5.87. The summed E-state index contributed by atoms with van der Waals surface area (Å²) in [5.74, 6) is 2.63. The third kappa shape index (κ3) is 2.25. The van der Waals surface area contributed by atoms with Crippen LogP contribution in [0.2, 0.25) is 0 Å². The molecule has 0 aromatic heterocycles. The second kappa shape index (κ2) is 5.69. The number of carbonyl (C=O) groups excluding carboxylic acids is 1. The summed E-state index contributed by atoms with van der Waals surface area (Å²) in [6.07, 6.45) is 18.6. The Morgan fingerprint density at radius 2 is 2.04 bits per heavy atom. The summed E-state index contributed by atoms with van der Waals surface area (Å²) >= 11 is 0. The van der Waals surface area contributed by atoms with E-state index in [4.69, 9.17) is 9.47 Å². The van der Waals surface area contributed by atoms with Gasteiger partial charge in [-0.2, -0.15) is 0 Å². The van der Waals surface area contributed by atoms with Gasteiger partial charge in [0, 0.05) is 18.4 Å². The first-order valence-corrected chi connectivity index (χ1v) is 11.6. The van der Waals surface area contributed by atoms with Crippen molar-refractivity contribution >= 4 is 5.78 Å². The molecule has 6 rings (SSSR count). The second-order valence-corrected chi connectivity index (χ2v) is 10.9.